The Morgan fingerprint density at radius 1 is 0.829 bits per heavy atom. The lowest BCUT2D eigenvalue weighted by Gasteiger charge is -2.26. The molecule has 1 unspecified atom stereocenters. The van der Waals surface area contributed by atoms with Crippen LogP contribution >= 0.6 is 11.7 Å². The molecule has 6 rings (SSSR count). The highest BCUT2D eigenvalue weighted by molar-refractivity contribution is 7.00. The highest BCUT2D eigenvalue weighted by Crippen LogP contribution is 2.46. The van der Waals surface area contributed by atoms with Crippen molar-refractivity contribution in [3.05, 3.63) is 119 Å². The largest absolute Gasteiger partial charge is 0.493 e. The third-order valence-corrected chi connectivity index (χ3v) is 7.58. The van der Waals surface area contributed by atoms with Gasteiger partial charge in [0, 0.05) is 17.6 Å². The van der Waals surface area contributed by atoms with Gasteiger partial charge in [0.15, 0.2) is 11.5 Å². The molecule has 0 radical (unpaired) electrons. The third-order valence-electron chi connectivity index (χ3n) is 7.03. The highest BCUT2D eigenvalue weighted by atomic mass is 32.1. The van der Waals surface area contributed by atoms with Gasteiger partial charge in [-0.25, -0.2) is 4.79 Å². The number of aromatic nitrogens is 2. The van der Waals surface area contributed by atoms with Crippen LogP contribution in [0.4, 0.5) is 0 Å². The van der Waals surface area contributed by atoms with E-state index in [0.717, 1.165) is 28.4 Å². The SMILES string of the molecule is COc1ccc(C2(O)OC(=O)C(c3ccc4nsnc4c3)=C2Cc2ccc(OCc3ccccc3)cc2)cc1OC. The first kappa shape index (κ1) is 26.5. The van der Waals surface area contributed by atoms with Gasteiger partial charge in [-0.05, 0) is 59.2 Å². The summed E-state index contributed by atoms with van der Waals surface area (Å²) in [6.45, 7) is 0.449. The fourth-order valence-electron chi connectivity index (χ4n) is 4.91. The lowest BCUT2D eigenvalue weighted by molar-refractivity contribution is -0.185. The highest BCUT2D eigenvalue weighted by Gasteiger charge is 2.48. The molecule has 206 valence electrons. The van der Waals surface area contributed by atoms with E-state index in [0.29, 0.717) is 46.1 Å². The van der Waals surface area contributed by atoms with Crippen LogP contribution in [0.5, 0.6) is 17.2 Å². The molecule has 1 N–H and O–H groups in total. The monoisotopic (exact) mass is 566 g/mol. The van der Waals surface area contributed by atoms with Crippen LogP contribution in [0.2, 0.25) is 0 Å². The van der Waals surface area contributed by atoms with E-state index in [9.17, 15) is 9.90 Å². The number of methoxy groups -OCH3 is 2. The molecule has 8 nitrogen and oxygen atoms in total. The van der Waals surface area contributed by atoms with Gasteiger partial charge in [-0.3, -0.25) is 0 Å². The van der Waals surface area contributed by atoms with Gasteiger partial charge in [0.1, 0.15) is 23.4 Å². The average Bonchev–Trinajstić information content (AvgIpc) is 3.58. The molecule has 41 heavy (non-hydrogen) atoms. The van der Waals surface area contributed by atoms with Crippen molar-refractivity contribution in [1.29, 1.82) is 0 Å². The van der Waals surface area contributed by atoms with Crippen LogP contribution in [0.1, 0.15) is 22.3 Å². The predicted octanol–water partition coefficient (Wildman–Crippen LogP) is 5.69. The van der Waals surface area contributed by atoms with Gasteiger partial charge in [-0.1, -0.05) is 48.5 Å². The summed E-state index contributed by atoms with van der Waals surface area (Å²) in [4.78, 5) is 13.4. The van der Waals surface area contributed by atoms with Crippen LogP contribution in [-0.2, 0) is 28.3 Å². The summed E-state index contributed by atoms with van der Waals surface area (Å²) in [5.41, 5.74) is 4.93. The lowest BCUT2D eigenvalue weighted by Crippen LogP contribution is -2.29. The fraction of sp³-hybridized carbons (Fsp3) is 0.156. The fourth-order valence-corrected chi connectivity index (χ4v) is 5.42. The molecule has 1 aliphatic heterocycles. The average molecular weight is 567 g/mol. The predicted molar refractivity (Wildman–Crippen MR) is 155 cm³/mol. The van der Waals surface area contributed by atoms with Gasteiger partial charge in [-0.15, -0.1) is 0 Å². The van der Waals surface area contributed by atoms with Crippen molar-refractivity contribution in [3.63, 3.8) is 0 Å². The zero-order valence-corrected chi connectivity index (χ0v) is 23.2. The Kier molecular flexibility index (Phi) is 7.13. The van der Waals surface area contributed by atoms with E-state index in [2.05, 4.69) is 8.75 Å². The zero-order valence-electron chi connectivity index (χ0n) is 22.4. The normalized spacial score (nSPS) is 16.6. The summed E-state index contributed by atoms with van der Waals surface area (Å²) in [6.07, 6.45) is 0.234. The number of fused-ring (bicyclic) bond motifs is 1. The standard InChI is InChI=1S/C32H26N2O6S/c1-37-28-15-11-23(18-29(28)38-2)32(36)25(30(31(35)40-32)22-10-14-26-27(17-22)34-41-33-26)16-20-8-12-24(13-9-20)39-19-21-6-4-3-5-7-21/h3-15,17-18,36H,16,19H2,1-2H3. The Morgan fingerprint density at radius 3 is 2.34 bits per heavy atom. The summed E-state index contributed by atoms with van der Waals surface area (Å²) in [7, 11) is 3.04. The van der Waals surface area contributed by atoms with E-state index in [1.807, 2.05) is 54.6 Å². The maximum absolute atomic E-state index is 13.4. The Bertz CT molecular complexity index is 1750. The van der Waals surface area contributed by atoms with Crippen LogP contribution < -0.4 is 14.2 Å². The van der Waals surface area contributed by atoms with Crippen LogP contribution in [0.15, 0.2) is 96.6 Å². The number of nitrogens with zero attached hydrogens (tertiary/aromatic N) is 2. The first-order valence-corrected chi connectivity index (χ1v) is 13.6. The second-order valence-corrected chi connectivity index (χ2v) is 10.0. The Morgan fingerprint density at radius 2 is 1.59 bits per heavy atom. The van der Waals surface area contributed by atoms with Crippen molar-refractivity contribution in [2.24, 2.45) is 0 Å². The number of rotatable bonds is 9. The molecular formula is C32H26N2O6S. The molecule has 9 heteroatoms. The smallest absolute Gasteiger partial charge is 0.342 e. The molecule has 0 spiro atoms. The maximum atomic E-state index is 13.4. The second kappa shape index (κ2) is 11.0. The molecule has 0 saturated heterocycles. The summed E-state index contributed by atoms with van der Waals surface area (Å²) >= 11 is 1.10. The summed E-state index contributed by atoms with van der Waals surface area (Å²) in [6, 6.07) is 27.8. The van der Waals surface area contributed by atoms with E-state index in [1.165, 1.54) is 14.2 Å². The van der Waals surface area contributed by atoms with Crippen molar-refractivity contribution in [2.75, 3.05) is 14.2 Å². The maximum Gasteiger partial charge on any atom is 0.342 e. The number of aliphatic hydroxyl groups is 1. The summed E-state index contributed by atoms with van der Waals surface area (Å²) < 4.78 is 31.1. The quantitative estimate of drug-likeness (QED) is 0.227. The van der Waals surface area contributed by atoms with Gasteiger partial charge in [0.05, 0.1) is 31.5 Å². The lowest BCUT2D eigenvalue weighted by atomic mass is 9.88. The topological polar surface area (TPSA) is 100 Å². The van der Waals surface area contributed by atoms with Crippen molar-refractivity contribution in [2.45, 2.75) is 18.8 Å². The Labute approximate surface area is 240 Å². The van der Waals surface area contributed by atoms with Gasteiger partial charge >= 0.3 is 5.97 Å². The second-order valence-electron chi connectivity index (χ2n) is 9.52. The number of carbonyl (C=O) groups is 1. The molecule has 0 amide bonds. The Hall–Kier alpha value is -4.73. The van der Waals surface area contributed by atoms with E-state index in [1.54, 1.807) is 36.4 Å². The number of cyclic esters (lactones) is 1. The molecule has 0 saturated carbocycles. The van der Waals surface area contributed by atoms with Crippen molar-refractivity contribution < 1.29 is 28.8 Å². The van der Waals surface area contributed by atoms with Crippen LogP contribution in [0, 0.1) is 0 Å². The molecule has 5 aromatic rings. The third kappa shape index (κ3) is 5.13. The van der Waals surface area contributed by atoms with Gasteiger partial charge < -0.3 is 24.1 Å². The number of esters is 1. The van der Waals surface area contributed by atoms with Crippen molar-refractivity contribution in [3.8, 4) is 17.2 Å². The Balaban J connectivity index is 1.39. The van der Waals surface area contributed by atoms with Crippen molar-refractivity contribution >= 4 is 34.3 Å². The number of carbonyl (C=O) groups excluding carboxylic acids is 1. The number of ether oxygens (including phenoxy) is 4. The molecule has 0 fully saturated rings. The molecule has 2 heterocycles. The first-order valence-electron chi connectivity index (χ1n) is 12.9. The zero-order chi connectivity index (χ0) is 28.4. The van der Waals surface area contributed by atoms with Gasteiger partial charge in [-0.2, -0.15) is 8.75 Å². The molecule has 4 aromatic carbocycles. The number of benzene rings is 4. The minimum absolute atomic E-state index is 0.234. The van der Waals surface area contributed by atoms with E-state index >= 15 is 0 Å². The van der Waals surface area contributed by atoms with Gasteiger partial charge in [0.25, 0.3) is 5.79 Å². The van der Waals surface area contributed by atoms with Crippen LogP contribution in [0.25, 0.3) is 16.6 Å². The summed E-state index contributed by atoms with van der Waals surface area (Å²) in [5.74, 6) is -1.08. The molecule has 1 aliphatic rings. The summed E-state index contributed by atoms with van der Waals surface area (Å²) in [5, 5.41) is 12.1. The molecule has 1 aromatic heterocycles. The minimum Gasteiger partial charge on any atom is -0.493 e. The number of hydrogen-bond acceptors (Lipinski definition) is 9. The van der Waals surface area contributed by atoms with E-state index in [4.69, 9.17) is 18.9 Å². The minimum atomic E-state index is -2.04. The molecular weight excluding hydrogens is 540 g/mol. The molecule has 1 atom stereocenters. The van der Waals surface area contributed by atoms with Crippen LogP contribution in [-0.4, -0.2) is 34.0 Å². The van der Waals surface area contributed by atoms with Crippen LogP contribution in [0.3, 0.4) is 0 Å². The van der Waals surface area contributed by atoms with Gasteiger partial charge in [0.2, 0.25) is 0 Å². The van der Waals surface area contributed by atoms with E-state index < -0.39 is 11.8 Å². The molecule has 0 aliphatic carbocycles. The molecule has 0 bridgehead atoms. The van der Waals surface area contributed by atoms with Crippen molar-refractivity contribution in [1.82, 2.24) is 8.75 Å². The van der Waals surface area contributed by atoms with E-state index in [-0.39, 0.29) is 12.0 Å². The number of hydrogen-bond donors (Lipinski definition) is 1. The first-order chi connectivity index (χ1) is 20.0.